The maximum absolute atomic E-state index is 12.3. The average Bonchev–Trinajstić information content (AvgIpc) is 2.52. The second-order valence-electron chi connectivity index (χ2n) is 4.89. The minimum Gasteiger partial charge on any atom is -0.495 e. The summed E-state index contributed by atoms with van der Waals surface area (Å²) in [6.45, 7) is -0.0781. The van der Waals surface area contributed by atoms with Crippen molar-refractivity contribution < 1.29 is 26.4 Å². The second-order valence-corrected chi connectivity index (χ2v) is 8.67. The van der Waals surface area contributed by atoms with Crippen molar-refractivity contribution in [1.29, 1.82) is 0 Å². The Morgan fingerprint density at radius 1 is 1.25 bits per heavy atom. The highest BCUT2D eigenvalue weighted by molar-refractivity contribution is 7.92. The molecule has 0 atom stereocenters. The Morgan fingerprint density at radius 3 is 2.38 bits per heavy atom. The van der Waals surface area contributed by atoms with Crippen molar-refractivity contribution in [3.63, 3.8) is 0 Å². The number of carbonyl (C=O) groups is 1. The van der Waals surface area contributed by atoms with Gasteiger partial charge in [0.15, 0.2) is 0 Å². The number of amides is 1. The van der Waals surface area contributed by atoms with Gasteiger partial charge in [0.1, 0.15) is 5.75 Å². The summed E-state index contributed by atoms with van der Waals surface area (Å²) in [6.07, 6.45) is 0.983. The lowest BCUT2D eigenvalue weighted by Crippen LogP contribution is -2.30. The molecule has 1 aromatic rings. The van der Waals surface area contributed by atoms with Gasteiger partial charge in [0.05, 0.1) is 23.9 Å². The summed E-state index contributed by atoms with van der Waals surface area (Å²) >= 11 is 0. The zero-order valence-electron chi connectivity index (χ0n) is 13.9. The Kier molecular flexibility index (Phi) is 6.58. The molecule has 0 aliphatic rings. The van der Waals surface area contributed by atoms with E-state index in [9.17, 15) is 21.6 Å². The van der Waals surface area contributed by atoms with Crippen molar-refractivity contribution in [3.05, 3.63) is 18.2 Å². The maximum Gasteiger partial charge on any atom is 0.240 e. The minimum atomic E-state index is -3.90. The van der Waals surface area contributed by atoms with Crippen LogP contribution in [0.2, 0.25) is 0 Å². The first-order valence-electron chi connectivity index (χ1n) is 6.85. The lowest BCUT2D eigenvalue weighted by Gasteiger charge is -2.20. The van der Waals surface area contributed by atoms with E-state index < -0.39 is 20.0 Å². The Hall–Kier alpha value is -1.85. The Morgan fingerprint density at radius 2 is 1.88 bits per heavy atom. The van der Waals surface area contributed by atoms with Crippen molar-refractivity contribution in [1.82, 2.24) is 10.0 Å². The summed E-state index contributed by atoms with van der Waals surface area (Å²) < 4.78 is 56.2. The standard InChI is InChI=1S/C13H21N3O6S2/c1-14-13(17)7-8-15-24(20,21)10-5-6-12(22-3)11(9-10)16(2)23(4,18)19/h5-6,9,15H,7-8H2,1-4H3,(H,14,17). The van der Waals surface area contributed by atoms with Gasteiger partial charge in [-0.05, 0) is 18.2 Å². The molecule has 9 nitrogen and oxygen atoms in total. The number of anilines is 1. The van der Waals surface area contributed by atoms with Gasteiger partial charge in [-0.15, -0.1) is 0 Å². The molecule has 1 amide bonds. The normalized spacial score (nSPS) is 11.8. The van der Waals surface area contributed by atoms with Gasteiger partial charge in [0, 0.05) is 27.1 Å². The van der Waals surface area contributed by atoms with Crippen LogP contribution in [-0.2, 0) is 24.8 Å². The molecule has 1 rings (SSSR count). The molecule has 0 saturated heterocycles. The molecule has 2 N–H and O–H groups in total. The fourth-order valence-electron chi connectivity index (χ4n) is 1.77. The van der Waals surface area contributed by atoms with E-state index in [1.165, 1.54) is 39.4 Å². The largest absolute Gasteiger partial charge is 0.495 e. The van der Waals surface area contributed by atoms with Crippen molar-refractivity contribution >= 4 is 31.6 Å². The number of nitrogens with one attached hydrogen (secondary N) is 2. The number of hydrogen-bond acceptors (Lipinski definition) is 6. The fraction of sp³-hybridized carbons (Fsp3) is 0.462. The zero-order valence-corrected chi connectivity index (χ0v) is 15.5. The Balaban J connectivity index is 3.14. The van der Waals surface area contributed by atoms with Crippen LogP contribution in [0.15, 0.2) is 23.1 Å². The first-order valence-corrected chi connectivity index (χ1v) is 10.2. The first-order chi connectivity index (χ1) is 11.0. The highest BCUT2D eigenvalue weighted by Crippen LogP contribution is 2.31. The second kappa shape index (κ2) is 7.81. The number of nitrogens with zero attached hydrogens (tertiary/aromatic N) is 1. The third kappa shape index (κ3) is 5.08. The van der Waals surface area contributed by atoms with Crippen molar-refractivity contribution in [2.24, 2.45) is 0 Å². The highest BCUT2D eigenvalue weighted by atomic mass is 32.2. The fourth-order valence-corrected chi connectivity index (χ4v) is 3.32. The summed E-state index contributed by atoms with van der Waals surface area (Å²) in [5.41, 5.74) is 0.0918. The van der Waals surface area contributed by atoms with Crippen LogP contribution in [0.4, 0.5) is 5.69 Å². The van der Waals surface area contributed by atoms with Crippen LogP contribution in [0.1, 0.15) is 6.42 Å². The Labute approximate surface area is 142 Å². The third-order valence-corrected chi connectivity index (χ3v) is 5.87. The number of methoxy groups -OCH3 is 1. The van der Waals surface area contributed by atoms with Gasteiger partial charge >= 0.3 is 0 Å². The van der Waals surface area contributed by atoms with Crippen LogP contribution in [0.3, 0.4) is 0 Å². The topological polar surface area (TPSA) is 122 Å². The van der Waals surface area contributed by atoms with Crippen LogP contribution < -0.4 is 19.1 Å². The van der Waals surface area contributed by atoms with E-state index in [-0.39, 0.29) is 35.2 Å². The molecule has 0 radical (unpaired) electrons. The zero-order chi connectivity index (χ0) is 18.5. The molecule has 0 aliphatic heterocycles. The number of ether oxygens (including phenoxy) is 1. The summed E-state index contributed by atoms with van der Waals surface area (Å²) in [7, 11) is -3.40. The quantitative estimate of drug-likeness (QED) is 0.628. The molecule has 0 aliphatic carbocycles. The van der Waals surface area contributed by atoms with E-state index in [0.717, 1.165) is 10.6 Å². The first kappa shape index (κ1) is 20.2. The lowest BCUT2D eigenvalue weighted by molar-refractivity contribution is -0.120. The van der Waals surface area contributed by atoms with Crippen LogP contribution in [-0.4, -0.2) is 56.7 Å². The maximum atomic E-state index is 12.3. The summed E-state index contributed by atoms with van der Waals surface area (Å²) in [6, 6.07) is 3.85. The molecule has 0 spiro atoms. The summed E-state index contributed by atoms with van der Waals surface area (Å²) in [5, 5.41) is 2.38. The highest BCUT2D eigenvalue weighted by Gasteiger charge is 2.21. The summed E-state index contributed by atoms with van der Waals surface area (Å²) in [4.78, 5) is 11.0. The minimum absolute atomic E-state index is 0.0119. The smallest absolute Gasteiger partial charge is 0.240 e. The molecule has 0 unspecified atom stereocenters. The summed E-state index contributed by atoms with van der Waals surface area (Å²) in [5.74, 6) is -0.0860. The molecule has 0 aromatic heterocycles. The van der Waals surface area contributed by atoms with E-state index in [1.54, 1.807) is 0 Å². The van der Waals surface area contributed by atoms with Crippen molar-refractivity contribution in [3.8, 4) is 5.75 Å². The van der Waals surface area contributed by atoms with Gasteiger partial charge in [0.2, 0.25) is 26.0 Å². The van der Waals surface area contributed by atoms with Gasteiger partial charge < -0.3 is 10.1 Å². The van der Waals surface area contributed by atoms with E-state index in [0.29, 0.717) is 0 Å². The molecule has 0 saturated carbocycles. The van der Waals surface area contributed by atoms with Crippen LogP contribution in [0.25, 0.3) is 0 Å². The van der Waals surface area contributed by atoms with Crippen molar-refractivity contribution in [2.75, 3.05) is 38.3 Å². The molecule has 0 heterocycles. The number of sulfonamides is 2. The van der Waals surface area contributed by atoms with Crippen LogP contribution in [0, 0.1) is 0 Å². The SMILES string of the molecule is CNC(=O)CCNS(=O)(=O)c1ccc(OC)c(N(C)S(C)(=O)=O)c1. The van der Waals surface area contributed by atoms with Crippen molar-refractivity contribution in [2.45, 2.75) is 11.3 Å². The number of carbonyl (C=O) groups excluding carboxylic acids is 1. The molecule has 24 heavy (non-hydrogen) atoms. The number of benzene rings is 1. The molecule has 1 aromatic carbocycles. The molecule has 136 valence electrons. The molecular formula is C13H21N3O6S2. The van der Waals surface area contributed by atoms with Gasteiger partial charge in [0.25, 0.3) is 0 Å². The number of hydrogen-bond donors (Lipinski definition) is 2. The van der Waals surface area contributed by atoms with Crippen LogP contribution >= 0.6 is 0 Å². The third-order valence-electron chi connectivity index (χ3n) is 3.22. The van der Waals surface area contributed by atoms with E-state index in [2.05, 4.69) is 10.0 Å². The number of rotatable bonds is 8. The Bertz CT molecular complexity index is 805. The predicted octanol–water partition coefficient (Wildman–Crippen LogP) is -0.495. The van der Waals surface area contributed by atoms with Gasteiger partial charge in [-0.1, -0.05) is 0 Å². The van der Waals surface area contributed by atoms with Gasteiger partial charge in [-0.3, -0.25) is 9.10 Å². The van der Waals surface area contributed by atoms with E-state index in [1.807, 2.05) is 0 Å². The molecule has 0 fully saturated rings. The monoisotopic (exact) mass is 379 g/mol. The van der Waals surface area contributed by atoms with Crippen LogP contribution in [0.5, 0.6) is 5.75 Å². The van der Waals surface area contributed by atoms with E-state index in [4.69, 9.17) is 4.74 Å². The molecule has 0 bridgehead atoms. The predicted molar refractivity (Wildman–Crippen MR) is 90.1 cm³/mol. The van der Waals surface area contributed by atoms with E-state index >= 15 is 0 Å². The molecular weight excluding hydrogens is 358 g/mol. The van der Waals surface area contributed by atoms with Gasteiger partial charge in [-0.2, -0.15) is 0 Å². The average molecular weight is 379 g/mol. The van der Waals surface area contributed by atoms with Gasteiger partial charge in [-0.25, -0.2) is 21.6 Å². The lowest BCUT2D eigenvalue weighted by atomic mass is 10.3. The molecule has 11 heteroatoms.